The van der Waals surface area contributed by atoms with E-state index in [0.717, 1.165) is 11.5 Å². The van der Waals surface area contributed by atoms with Gasteiger partial charge in [-0.1, -0.05) is 30.3 Å². The van der Waals surface area contributed by atoms with Crippen molar-refractivity contribution in [2.45, 2.75) is 19.2 Å². The van der Waals surface area contributed by atoms with Crippen LogP contribution in [-0.4, -0.2) is 26.9 Å². The number of benzene rings is 1. The molecule has 0 unspecified atom stereocenters. The van der Waals surface area contributed by atoms with Crippen molar-refractivity contribution in [3.63, 3.8) is 0 Å². The van der Waals surface area contributed by atoms with Crippen molar-refractivity contribution in [1.82, 2.24) is 19.7 Å². The van der Waals surface area contributed by atoms with Gasteiger partial charge in [-0.05, 0) is 11.6 Å². The first-order valence-corrected chi connectivity index (χ1v) is 7.44. The Morgan fingerprint density at radius 1 is 1.17 bits per heavy atom. The molecule has 0 aliphatic carbocycles. The molecule has 3 aromatic rings. The number of nitrogens with zero attached hydrogens (tertiary/aromatic N) is 4. The fourth-order valence-corrected chi connectivity index (χ4v) is 2.40. The predicted molar refractivity (Wildman–Crippen MR) is 87.8 cm³/mol. The maximum absolute atomic E-state index is 5.13. The monoisotopic (exact) mass is 309 g/mol. The third-order valence-electron chi connectivity index (χ3n) is 3.47. The van der Waals surface area contributed by atoms with E-state index >= 15 is 0 Å². The fourth-order valence-electron chi connectivity index (χ4n) is 2.40. The molecule has 0 aliphatic rings. The van der Waals surface area contributed by atoms with Gasteiger partial charge in [0.2, 0.25) is 0 Å². The second-order valence-corrected chi connectivity index (χ2v) is 5.16. The van der Waals surface area contributed by atoms with Gasteiger partial charge in [0.15, 0.2) is 0 Å². The van der Waals surface area contributed by atoms with Crippen molar-refractivity contribution in [3.8, 4) is 0 Å². The van der Waals surface area contributed by atoms with Gasteiger partial charge >= 0.3 is 0 Å². The molecule has 1 atom stereocenters. The summed E-state index contributed by atoms with van der Waals surface area (Å²) in [5.41, 5.74) is 2.02. The van der Waals surface area contributed by atoms with Crippen molar-refractivity contribution < 1.29 is 4.74 Å². The van der Waals surface area contributed by atoms with Crippen LogP contribution >= 0.6 is 0 Å². The summed E-state index contributed by atoms with van der Waals surface area (Å²) < 4.78 is 7.03. The Balaban J connectivity index is 1.82. The lowest BCUT2D eigenvalue weighted by molar-refractivity contribution is 0.181. The van der Waals surface area contributed by atoms with E-state index in [9.17, 15) is 0 Å². The van der Waals surface area contributed by atoms with Gasteiger partial charge in [0.1, 0.15) is 12.1 Å². The molecule has 6 heteroatoms. The molecule has 2 aromatic heterocycles. The van der Waals surface area contributed by atoms with Crippen molar-refractivity contribution in [2.24, 2.45) is 0 Å². The van der Waals surface area contributed by atoms with Gasteiger partial charge in [-0.15, -0.1) is 0 Å². The zero-order valence-corrected chi connectivity index (χ0v) is 13.0. The van der Waals surface area contributed by atoms with Gasteiger partial charge < -0.3 is 10.1 Å². The van der Waals surface area contributed by atoms with Crippen molar-refractivity contribution in [1.29, 1.82) is 0 Å². The van der Waals surface area contributed by atoms with Crippen LogP contribution in [0.3, 0.4) is 0 Å². The lowest BCUT2D eigenvalue weighted by Crippen LogP contribution is -2.18. The number of hydrogen-bond acceptors (Lipinski definition) is 5. The Hall–Kier alpha value is -2.73. The Kier molecular flexibility index (Phi) is 4.95. The largest absolute Gasteiger partial charge is 0.378 e. The van der Waals surface area contributed by atoms with Crippen LogP contribution < -0.4 is 5.32 Å². The van der Waals surface area contributed by atoms with Gasteiger partial charge in [-0.2, -0.15) is 5.10 Å². The summed E-state index contributed by atoms with van der Waals surface area (Å²) in [6, 6.07) is 14.1. The average molecular weight is 309 g/mol. The highest BCUT2D eigenvalue weighted by molar-refractivity contribution is 5.38. The molecule has 2 heterocycles. The summed E-state index contributed by atoms with van der Waals surface area (Å²) in [5.74, 6) is 0.771. The first kappa shape index (κ1) is 15.2. The first-order chi connectivity index (χ1) is 11.3. The SMILES string of the molecule is COCc1cc(N[C@H](Cn2cccn2)c2ccccc2)ncn1. The number of anilines is 1. The van der Waals surface area contributed by atoms with Gasteiger partial charge in [0.05, 0.1) is 24.9 Å². The van der Waals surface area contributed by atoms with E-state index < -0.39 is 0 Å². The average Bonchev–Trinajstić information content (AvgIpc) is 3.09. The molecule has 0 aliphatic heterocycles. The maximum Gasteiger partial charge on any atom is 0.130 e. The molecule has 23 heavy (non-hydrogen) atoms. The normalized spacial score (nSPS) is 12.0. The molecule has 0 saturated heterocycles. The van der Waals surface area contributed by atoms with Gasteiger partial charge in [-0.25, -0.2) is 9.97 Å². The Bertz CT molecular complexity index is 715. The number of ether oxygens (including phenoxy) is 1. The van der Waals surface area contributed by atoms with Crippen LogP contribution in [-0.2, 0) is 17.9 Å². The minimum absolute atomic E-state index is 0.0568. The molecule has 118 valence electrons. The third-order valence-corrected chi connectivity index (χ3v) is 3.47. The zero-order valence-electron chi connectivity index (χ0n) is 13.0. The summed E-state index contributed by atoms with van der Waals surface area (Å²) >= 11 is 0. The lowest BCUT2D eigenvalue weighted by Gasteiger charge is -2.20. The topological polar surface area (TPSA) is 64.9 Å². The fraction of sp³-hybridized carbons (Fsp3) is 0.235. The summed E-state index contributed by atoms with van der Waals surface area (Å²) in [6.07, 6.45) is 5.28. The molecule has 0 radical (unpaired) electrons. The molecule has 3 rings (SSSR count). The van der Waals surface area contributed by atoms with Crippen LogP contribution in [0.15, 0.2) is 61.2 Å². The number of aromatic nitrogens is 4. The van der Waals surface area contributed by atoms with Crippen molar-refractivity contribution in [3.05, 3.63) is 72.4 Å². The molecule has 1 N–H and O–H groups in total. The van der Waals surface area contributed by atoms with Gasteiger partial charge in [0.25, 0.3) is 0 Å². The second-order valence-electron chi connectivity index (χ2n) is 5.16. The number of rotatable bonds is 7. The van der Waals surface area contributed by atoms with Gasteiger partial charge in [0, 0.05) is 25.6 Å². The molecule has 6 nitrogen and oxygen atoms in total. The van der Waals surface area contributed by atoms with E-state index in [0.29, 0.717) is 13.2 Å². The highest BCUT2D eigenvalue weighted by atomic mass is 16.5. The third kappa shape index (κ3) is 4.14. The van der Waals surface area contributed by atoms with E-state index in [1.807, 2.05) is 41.2 Å². The molecule has 0 fully saturated rings. The van der Waals surface area contributed by atoms with Crippen LogP contribution in [0.4, 0.5) is 5.82 Å². The smallest absolute Gasteiger partial charge is 0.130 e. The highest BCUT2D eigenvalue weighted by Gasteiger charge is 2.13. The minimum atomic E-state index is 0.0568. The van der Waals surface area contributed by atoms with E-state index in [1.54, 1.807) is 19.6 Å². The van der Waals surface area contributed by atoms with Crippen molar-refractivity contribution >= 4 is 5.82 Å². The Morgan fingerprint density at radius 3 is 2.78 bits per heavy atom. The number of nitrogens with one attached hydrogen (secondary N) is 1. The Labute approximate surface area is 135 Å². The molecule has 0 bridgehead atoms. The zero-order chi connectivity index (χ0) is 15.9. The second kappa shape index (κ2) is 7.51. The van der Waals surface area contributed by atoms with E-state index in [1.165, 1.54) is 5.56 Å². The number of hydrogen-bond donors (Lipinski definition) is 1. The van der Waals surface area contributed by atoms with E-state index in [-0.39, 0.29) is 6.04 Å². The predicted octanol–water partition coefficient (Wildman–Crippen LogP) is 2.67. The van der Waals surface area contributed by atoms with Crippen LogP contribution in [0, 0.1) is 0 Å². The van der Waals surface area contributed by atoms with Gasteiger partial charge in [-0.3, -0.25) is 4.68 Å². The van der Waals surface area contributed by atoms with Crippen LogP contribution in [0.2, 0.25) is 0 Å². The van der Waals surface area contributed by atoms with Crippen LogP contribution in [0.5, 0.6) is 0 Å². The quantitative estimate of drug-likeness (QED) is 0.727. The Morgan fingerprint density at radius 2 is 2.04 bits per heavy atom. The highest BCUT2D eigenvalue weighted by Crippen LogP contribution is 2.20. The molecule has 0 spiro atoms. The minimum Gasteiger partial charge on any atom is -0.378 e. The molecular weight excluding hydrogens is 290 g/mol. The number of methoxy groups -OCH3 is 1. The standard InChI is InChI=1S/C17H19N5O/c1-23-12-15-10-17(19-13-18-15)21-16(11-22-9-5-8-20-22)14-6-3-2-4-7-14/h2-10,13,16H,11-12H2,1H3,(H,18,19,21)/t16-/m1/s1. The van der Waals surface area contributed by atoms with Crippen molar-refractivity contribution in [2.75, 3.05) is 12.4 Å². The summed E-state index contributed by atoms with van der Waals surface area (Å²) in [4.78, 5) is 8.50. The molecule has 0 saturated carbocycles. The van der Waals surface area contributed by atoms with E-state index in [2.05, 4.69) is 32.5 Å². The molecule has 1 aromatic carbocycles. The summed E-state index contributed by atoms with van der Waals surface area (Å²) in [6.45, 7) is 1.17. The molecule has 0 amide bonds. The van der Waals surface area contributed by atoms with Crippen LogP contribution in [0.25, 0.3) is 0 Å². The molecular formula is C17H19N5O. The van der Waals surface area contributed by atoms with Crippen LogP contribution in [0.1, 0.15) is 17.3 Å². The summed E-state index contributed by atoms with van der Waals surface area (Å²) in [7, 11) is 1.65. The summed E-state index contributed by atoms with van der Waals surface area (Å²) in [5, 5.41) is 7.76. The lowest BCUT2D eigenvalue weighted by atomic mass is 10.1. The first-order valence-electron chi connectivity index (χ1n) is 7.44. The van der Waals surface area contributed by atoms with E-state index in [4.69, 9.17) is 4.74 Å². The maximum atomic E-state index is 5.13.